The Morgan fingerprint density at radius 3 is 2.35 bits per heavy atom. The van der Waals surface area contributed by atoms with Gasteiger partial charge >= 0.3 is 11.9 Å². The van der Waals surface area contributed by atoms with Crippen molar-refractivity contribution in [2.75, 3.05) is 26.0 Å². The van der Waals surface area contributed by atoms with E-state index < -0.39 is 34.1 Å². The molecule has 0 saturated carbocycles. The molecule has 0 radical (unpaired) electrons. The van der Waals surface area contributed by atoms with Crippen LogP contribution in [0.3, 0.4) is 0 Å². The highest BCUT2D eigenvalue weighted by atomic mass is 32.2. The van der Waals surface area contributed by atoms with Gasteiger partial charge in [-0.25, -0.2) is 8.42 Å². The van der Waals surface area contributed by atoms with Crippen LogP contribution in [0, 0.1) is 0 Å². The van der Waals surface area contributed by atoms with Gasteiger partial charge in [-0.2, -0.15) is 4.31 Å². The number of hydrogen-bond acceptors (Lipinski definition) is 5. The Labute approximate surface area is 100 Å². The maximum absolute atomic E-state index is 11.7. The van der Waals surface area contributed by atoms with E-state index in [2.05, 4.69) is 4.74 Å². The van der Waals surface area contributed by atoms with Crippen LogP contribution in [0.25, 0.3) is 0 Å². The highest BCUT2D eigenvalue weighted by molar-refractivity contribution is 7.89. The third-order valence-electron chi connectivity index (χ3n) is 1.97. The fourth-order valence-electron chi connectivity index (χ4n) is 1.12. The molecule has 0 saturated heterocycles. The molecule has 0 bridgehead atoms. The van der Waals surface area contributed by atoms with Gasteiger partial charge in [-0.3, -0.25) is 9.59 Å². The molecular formula is C9H17NO6S. The van der Waals surface area contributed by atoms with E-state index in [1.54, 1.807) is 6.92 Å². The lowest BCUT2D eigenvalue weighted by Gasteiger charge is -2.19. The molecule has 0 spiro atoms. The highest BCUT2D eigenvalue weighted by Crippen LogP contribution is 2.05. The minimum Gasteiger partial charge on any atom is -0.481 e. The number of esters is 1. The molecule has 0 aromatic rings. The second-order valence-corrected chi connectivity index (χ2v) is 5.46. The number of hydrogen-bond donors (Lipinski definition) is 1. The molecular weight excluding hydrogens is 250 g/mol. The molecule has 0 atom stereocenters. The summed E-state index contributed by atoms with van der Waals surface area (Å²) in [5, 5.41) is 8.44. The fourth-order valence-corrected chi connectivity index (χ4v) is 2.57. The molecule has 0 aromatic carbocycles. The number of sulfonamides is 1. The average molecular weight is 267 g/mol. The number of carbonyl (C=O) groups is 2. The Kier molecular flexibility index (Phi) is 6.74. The SMILES string of the molecule is CCCN(CC(=O)OC)S(=O)(=O)CCC(=O)O. The average Bonchev–Trinajstić information content (AvgIpc) is 2.25. The van der Waals surface area contributed by atoms with Gasteiger partial charge in [0, 0.05) is 6.54 Å². The minimum absolute atomic E-state index is 0.164. The predicted molar refractivity (Wildman–Crippen MR) is 59.9 cm³/mol. The summed E-state index contributed by atoms with van der Waals surface area (Å²) in [6, 6.07) is 0. The van der Waals surface area contributed by atoms with Gasteiger partial charge in [0.25, 0.3) is 0 Å². The molecule has 0 amide bonds. The van der Waals surface area contributed by atoms with Crippen molar-refractivity contribution in [1.82, 2.24) is 4.31 Å². The molecule has 0 aliphatic heterocycles. The Morgan fingerprint density at radius 2 is 1.94 bits per heavy atom. The first-order valence-electron chi connectivity index (χ1n) is 5.10. The van der Waals surface area contributed by atoms with Crippen molar-refractivity contribution >= 4 is 22.0 Å². The number of ether oxygens (including phenoxy) is 1. The summed E-state index contributed by atoms with van der Waals surface area (Å²) in [5.74, 6) is -2.38. The van der Waals surface area contributed by atoms with Crippen molar-refractivity contribution in [3.05, 3.63) is 0 Å². The second-order valence-electron chi connectivity index (χ2n) is 3.37. The number of rotatable bonds is 8. The van der Waals surface area contributed by atoms with Gasteiger partial charge in [0.05, 0.1) is 19.3 Å². The lowest BCUT2D eigenvalue weighted by Crippen LogP contribution is -2.38. The summed E-state index contributed by atoms with van der Waals surface area (Å²) < 4.78 is 28.8. The highest BCUT2D eigenvalue weighted by Gasteiger charge is 2.24. The second kappa shape index (κ2) is 7.23. The number of carboxylic acid groups (broad SMARTS) is 1. The summed E-state index contributed by atoms with van der Waals surface area (Å²) in [6.45, 7) is 1.54. The van der Waals surface area contributed by atoms with Gasteiger partial charge in [-0.15, -0.1) is 0 Å². The predicted octanol–water partition coefficient (Wildman–Crippen LogP) is -0.324. The first kappa shape index (κ1) is 15.9. The monoisotopic (exact) mass is 267 g/mol. The van der Waals surface area contributed by atoms with Crippen LogP contribution in [0.1, 0.15) is 19.8 Å². The molecule has 7 nitrogen and oxygen atoms in total. The fraction of sp³-hybridized carbons (Fsp3) is 0.778. The van der Waals surface area contributed by atoms with E-state index in [1.807, 2.05) is 0 Å². The molecule has 17 heavy (non-hydrogen) atoms. The zero-order chi connectivity index (χ0) is 13.5. The largest absolute Gasteiger partial charge is 0.481 e. The molecule has 0 heterocycles. The molecule has 1 N–H and O–H groups in total. The van der Waals surface area contributed by atoms with E-state index in [1.165, 1.54) is 0 Å². The molecule has 8 heteroatoms. The van der Waals surface area contributed by atoms with Crippen LogP contribution >= 0.6 is 0 Å². The number of carbonyl (C=O) groups excluding carboxylic acids is 1. The van der Waals surface area contributed by atoms with Gasteiger partial charge < -0.3 is 9.84 Å². The van der Waals surface area contributed by atoms with Gasteiger partial charge in [-0.1, -0.05) is 6.92 Å². The van der Waals surface area contributed by atoms with E-state index in [-0.39, 0.29) is 13.1 Å². The topological polar surface area (TPSA) is 101 Å². The maximum atomic E-state index is 11.7. The van der Waals surface area contributed by atoms with Crippen LogP contribution in [0.5, 0.6) is 0 Å². The number of methoxy groups -OCH3 is 1. The molecule has 0 unspecified atom stereocenters. The van der Waals surface area contributed by atoms with Crippen LogP contribution in [0.15, 0.2) is 0 Å². The van der Waals surface area contributed by atoms with Gasteiger partial charge in [0.2, 0.25) is 10.0 Å². The van der Waals surface area contributed by atoms with Crippen molar-refractivity contribution in [3.8, 4) is 0 Å². The lowest BCUT2D eigenvalue weighted by molar-refractivity contribution is -0.140. The van der Waals surface area contributed by atoms with E-state index in [0.29, 0.717) is 6.42 Å². The van der Waals surface area contributed by atoms with Crippen molar-refractivity contribution in [2.45, 2.75) is 19.8 Å². The van der Waals surface area contributed by atoms with Crippen molar-refractivity contribution in [3.63, 3.8) is 0 Å². The van der Waals surface area contributed by atoms with Gasteiger partial charge in [0.1, 0.15) is 6.54 Å². The Balaban J connectivity index is 4.66. The number of nitrogens with zero attached hydrogens (tertiary/aromatic N) is 1. The Bertz CT molecular complexity index is 364. The first-order valence-corrected chi connectivity index (χ1v) is 6.70. The van der Waals surface area contributed by atoms with Gasteiger partial charge in [-0.05, 0) is 6.42 Å². The van der Waals surface area contributed by atoms with Crippen LogP contribution in [0.2, 0.25) is 0 Å². The zero-order valence-corrected chi connectivity index (χ0v) is 10.7. The standard InChI is InChI=1S/C9H17NO6S/c1-3-5-10(7-9(13)16-2)17(14,15)6-4-8(11)12/h3-7H2,1-2H3,(H,11,12). The van der Waals surface area contributed by atoms with Crippen molar-refractivity contribution in [1.29, 1.82) is 0 Å². The lowest BCUT2D eigenvalue weighted by atomic mass is 10.5. The summed E-state index contributed by atoms with van der Waals surface area (Å²) in [5.41, 5.74) is 0. The summed E-state index contributed by atoms with van der Waals surface area (Å²) in [6.07, 6.45) is 0.0486. The molecule has 100 valence electrons. The van der Waals surface area contributed by atoms with E-state index in [4.69, 9.17) is 5.11 Å². The zero-order valence-electron chi connectivity index (χ0n) is 9.88. The number of carboxylic acids is 1. The Morgan fingerprint density at radius 1 is 1.35 bits per heavy atom. The molecule has 0 fully saturated rings. The smallest absolute Gasteiger partial charge is 0.321 e. The van der Waals surface area contributed by atoms with Crippen LogP contribution in [-0.4, -0.2) is 55.7 Å². The summed E-state index contributed by atoms with van der Waals surface area (Å²) in [7, 11) is -2.57. The maximum Gasteiger partial charge on any atom is 0.321 e. The normalized spacial score (nSPS) is 11.5. The molecule has 0 aromatic heterocycles. The first-order chi connectivity index (χ1) is 7.83. The van der Waals surface area contributed by atoms with E-state index in [9.17, 15) is 18.0 Å². The van der Waals surface area contributed by atoms with Crippen LogP contribution in [0.4, 0.5) is 0 Å². The van der Waals surface area contributed by atoms with Crippen LogP contribution in [-0.2, 0) is 24.3 Å². The van der Waals surface area contributed by atoms with E-state index in [0.717, 1.165) is 11.4 Å². The van der Waals surface area contributed by atoms with Gasteiger partial charge in [0.15, 0.2) is 0 Å². The summed E-state index contributed by atoms with van der Waals surface area (Å²) in [4.78, 5) is 21.4. The van der Waals surface area contributed by atoms with Crippen molar-refractivity contribution < 1.29 is 27.9 Å². The quantitative estimate of drug-likeness (QED) is 0.605. The Hall–Kier alpha value is -1.15. The van der Waals surface area contributed by atoms with E-state index >= 15 is 0 Å². The molecule has 0 aliphatic carbocycles. The minimum atomic E-state index is -3.73. The third-order valence-corrected chi connectivity index (χ3v) is 3.79. The third kappa shape index (κ3) is 6.22. The summed E-state index contributed by atoms with van der Waals surface area (Å²) >= 11 is 0. The number of aliphatic carboxylic acids is 1. The van der Waals surface area contributed by atoms with Crippen molar-refractivity contribution in [2.24, 2.45) is 0 Å². The molecule has 0 aliphatic rings. The van der Waals surface area contributed by atoms with Crippen LogP contribution < -0.4 is 0 Å². The molecule has 0 rings (SSSR count).